The molecule has 2 unspecified atom stereocenters. The first-order valence-electron chi connectivity index (χ1n) is 4.74. The van der Waals surface area contributed by atoms with E-state index in [4.69, 9.17) is 17.3 Å². The van der Waals surface area contributed by atoms with Gasteiger partial charge in [-0.15, -0.1) is 0 Å². The van der Waals surface area contributed by atoms with Gasteiger partial charge in [-0.3, -0.25) is 0 Å². The highest BCUT2D eigenvalue weighted by molar-refractivity contribution is 6.34. The first-order valence-corrected chi connectivity index (χ1v) is 5.12. The number of nitrogens with zero attached hydrogens (tertiary/aromatic N) is 1. The van der Waals surface area contributed by atoms with Crippen LogP contribution in [0.1, 0.15) is 0 Å². The number of aliphatic hydroxyl groups is 2. The molecule has 0 amide bonds. The Morgan fingerprint density at radius 2 is 1.87 bits per heavy atom. The second-order valence-electron chi connectivity index (χ2n) is 3.72. The molecule has 0 saturated carbocycles. The Balaban J connectivity index is 2.31. The molecular weight excluding hydrogens is 216 g/mol. The van der Waals surface area contributed by atoms with Crippen molar-refractivity contribution in [2.24, 2.45) is 0 Å². The lowest BCUT2D eigenvalue weighted by atomic mass is 10.2. The molecule has 0 spiro atoms. The van der Waals surface area contributed by atoms with Gasteiger partial charge in [-0.25, -0.2) is 0 Å². The summed E-state index contributed by atoms with van der Waals surface area (Å²) in [6.45, 7) is 0.712. The molecule has 15 heavy (non-hydrogen) atoms. The molecule has 1 heterocycles. The summed E-state index contributed by atoms with van der Waals surface area (Å²) in [4.78, 5) is 1.80. The van der Waals surface area contributed by atoms with E-state index in [-0.39, 0.29) is 0 Å². The van der Waals surface area contributed by atoms with E-state index in [0.717, 1.165) is 0 Å². The van der Waals surface area contributed by atoms with Gasteiger partial charge in [-0.05, 0) is 12.1 Å². The SMILES string of the molecule is Nc1cccc(Cl)c1N1CC(O)C(O)C1. The van der Waals surface area contributed by atoms with Crippen molar-refractivity contribution in [1.29, 1.82) is 0 Å². The zero-order valence-corrected chi connectivity index (χ0v) is 8.85. The number of aliphatic hydroxyl groups excluding tert-OH is 2. The number of nitrogen functional groups attached to an aromatic ring is 1. The van der Waals surface area contributed by atoms with E-state index in [0.29, 0.717) is 29.5 Å². The predicted molar refractivity (Wildman–Crippen MR) is 60.1 cm³/mol. The highest BCUT2D eigenvalue weighted by Gasteiger charge is 2.31. The number of nitrogens with two attached hydrogens (primary N) is 1. The van der Waals surface area contributed by atoms with Crippen LogP contribution in [0.3, 0.4) is 0 Å². The molecule has 5 heteroatoms. The zero-order valence-electron chi connectivity index (χ0n) is 8.10. The second kappa shape index (κ2) is 3.89. The Morgan fingerprint density at radius 1 is 1.27 bits per heavy atom. The second-order valence-corrected chi connectivity index (χ2v) is 4.12. The number of anilines is 2. The lowest BCUT2D eigenvalue weighted by molar-refractivity contribution is 0.0572. The van der Waals surface area contributed by atoms with Crippen molar-refractivity contribution >= 4 is 23.0 Å². The number of hydrogen-bond donors (Lipinski definition) is 3. The summed E-state index contributed by atoms with van der Waals surface area (Å²) in [6, 6.07) is 5.26. The topological polar surface area (TPSA) is 69.7 Å². The van der Waals surface area contributed by atoms with Crippen LogP contribution in [-0.4, -0.2) is 35.5 Å². The van der Waals surface area contributed by atoms with E-state index in [1.165, 1.54) is 0 Å². The fraction of sp³-hybridized carbons (Fsp3) is 0.400. The minimum atomic E-state index is -0.735. The van der Waals surface area contributed by atoms with Gasteiger partial charge < -0.3 is 20.8 Å². The number of hydrogen-bond acceptors (Lipinski definition) is 4. The molecule has 2 atom stereocenters. The summed E-state index contributed by atoms with van der Waals surface area (Å²) in [6.07, 6.45) is -1.47. The van der Waals surface area contributed by atoms with Gasteiger partial charge in [0.2, 0.25) is 0 Å². The van der Waals surface area contributed by atoms with Crippen LogP contribution in [0.15, 0.2) is 18.2 Å². The average Bonchev–Trinajstić information content (AvgIpc) is 2.46. The zero-order chi connectivity index (χ0) is 11.0. The van der Waals surface area contributed by atoms with Crippen molar-refractivity contribution in [1.82, 2.24) is 0 Å². The summed E-state index contributed by atoms with van der Waals surface area (Å²) in [5, 5.41) is 19.4. The summed E-state index contributed by atoms with van der Waals surface area (Å²) in [5.41, 5.74) is 7.05. The van der Waals surface area contributed by atoms with Crippen LogP contribution in [-0.2, 0) is 0 Å². The van der Waals surface area contributed by atoms with Crippen LogP contribution in [0.4, 0.5) is 11.4 Å². The van der Waals surface area contributed by atoms with E-state index in [9.17, 15) is 10.2 Å². The third-order valence-electron chi connectivity index (χ3n) is 2.59. The molecular formula is C10H13ClN2O2. The molecule has 1 aliphatic rings. The molecule has 1 saturated heterocycles. The largest absolute Gasteiger partial charge is 0.397 e. The summed E-state index contributed by atoms with van der Waals surface area (Å²) < 4.78 is 0. The molecule has 0 aliphatic carbocycles. The van der Waals surface area contributed by atoms with Gasteiger partial charge in [0.05, 0.1) is 28.6 Å². The minimum absolute atomic E-state index is 0.356. The Labute approximate surface area is 92.9 Å². The first kappa shape index (κ1) is 10.5. The number of para-hydroxylation sites is 1. The van der Waals surface area contributed by atoms with Gasteiger partial charge in [0.15, 0.2) is 0 Å². The maximum absolute atomic E-state index is 9.44. The van der Waals surface area contributed by atoms with Gasteiger partial charge in [-0.1, -0.05) is 17.7 Å². The Hall–Kier alpha value is -0.970. The number of rotatable bonds is 1. The normalized spacial score (nSPS) is 25.9. The van der Waals surface area contributed by atoms with Gasteiger partial charge in [0.1, 0.15) is 0 Å². The average molecular weight is 229 g/mol. The highest BCUT2D eigenvalue weighted by Crippen LogP contribution is 2.33. The van der Waals surface area contributed by atoms with Crippen molar-refractivity contribution in [3.63, 3.8) is 0 Å². The van der Waals surface area contributed by atoms with Crippen molar-refractivity contribution in [3.05, 3.63) is 23.2 Å². The van der Waals surface area contributed by atoms with E-state index in [1.807, 2.05) is 0 Å². The molecule has 0 radical (unpaired) electrons. The van der Waals surface area contributed by atoms with E-state index < -0.39 is 12.2 Å². The molecule has 1 fully saturated rings. The predicted octanol–water partition coefficient (Wildman–Crippen LogP) is 0.464. The summed E-state index contributed by atoms with van der Waals surface area (Å²) in [7, 11) is 0. The van der Waals surface area contributed by atoms with Gasteiger partial charge in [0.25, 0.3) is 0 Å². The summed E-state index contributed by atoms with van der Waals surface area (Å²) in [5.74, 6) is 0. The van der Waals surface area contributed by atoms with Gasteiger partial charge in [-0.2, -0.15) is 0 Å². The van der Waals surface area contributed by atoms with Crippen LogP contribution < -0.4 is 10.6 Å². The van der Waals surface area contributed by atoms with E-state index >= 15 is 0 Å². The minimum Gasteiger partial charge on any atom is -0.397 e. The fourth-order valence-electron chi connectivity index (χ4n) is 1.82. The Morgan fingerprint density at radius 3 is 2.40 bits per heavy atom. The number of β-amino-alcohol motifs (C(OH)–C–C–N with tert-alkyl or cyclic N) is 2. The van der Waals surface area contributed by atoms with Crippen LogP contribution in [0.25, 0.3) is 0 Å². The van der Waals surface area contributed by atoms with Crippen molar-refractivity contribution in [2.75, 3.05) is 23.7 Å². The lowest BCUT2D eigenvalue weighted by Gasteiger charge is -2.20. The monoisotopic (exact) mass is 228 g/mol. The Kier molecular flexibility index (Phi) is 2.73. The van der Waals surface area contributed by atoms with Crippen LogP contribution in [0.5, 0.6) is 0 Å². The molecule has 0 bridgehead atoms. The molecule has 1 aromatic carbocycles. The van der Waals surface area contributed by atoms with Gasteiger partial charge >= 0.3 is 0 Å². The standard InChI is InChI=1S/C10H13ClN2O2/c11-6-2-1-3-7(12)10(6)13-4-8(14)9(15)5-13/h1-3,8-9,14-15H,4-5,12H2. The highest BCUT2D eigenvalue weighted by atomic mass is 35.5. The maximum atomic E-state index is 9.44. The number of halogens is 1. The number of benzene rings is 1. The third kappa shape index (κ3) is 1.88. The third-order valence-corrected chi connectivity index (χ3v) is 2.90. The molecule has 1 aliphatic heterocycles. The Bertz CT molecular complexity index is 342. The smallest absolute Gasteiger partial charge is 0.0990 e. The van der Waals surface area contributed by atoms with Crippen LogP contribution in [0.2, 0.25) is 5.02 Å². The quantitative estimate of drug-likeness (QED) is 0.611. The molecule has 0 aromatic heterocycles. The van der Waals surface area contributed by atoms with Gasteiger partial charge in [0, 0.05) is 13.1 Å². The molecule has 82 valence electrons. The van der Waals surface area contributed by atoms with Crippen LogP contribution >= 0.6 is 11.6 Å². The van der Waals surface area contributed by atoms with Crippen molar-refractivity contribution in [2.45, 2.75) is 12.2 Å². The first-order chi connectivity index (χ1) is 7.09. The summed E-state index contributed by atoms with van der Waals surface area (Å²) >= 11 is 6.02. The lowest BCUT2D eigenvalue weighted by Crippen LogP contribution is -2.22. The van der Waals surface area contributed by atoms with Crippen molar-refractivity contribution in [3.8, 4) is 0 Å². The molecule has 2 rings (SSSR count). The van der Waals surface area contributed by atoms with E-state index in [1.54, 1.807) is 23.1 Å². The fourth-order valence-corrected chi connectivity index (χ4v) is 2.12. The van der Waals surface area contributed by atoms with Crippen LogP contribution in [0, 0.1) is 0 Å². The maximum Gasteiger partial charge on any atom is 0.0990 e. The molecule has 4 nitrogen and oxygen atoms in total. The molecule has 4 N–H and O–H groups in total. The molecule has 1 aromatic rings. The van der Waals surface area contributed by atoms with E-state index in [2.05, 4.69) is 0 Å². The van der Waals surface area contributed by atoms with Crippen molar-refractivity contribution < 1.29 is 10.2 Å².